The van der Waals surface area contributed by atoms with Crippen LogP contribution in [-0.2, 0) is 6.18 Å². The van der Waals surface area contributed by atoms with Gasteiger partial charge in [0, 0.05) is 5.54 Å². The number of aromatic nitrogens is 1. The van der Waals surface area contributed by atoms with Gasteiger partial charge in [0.1, 0.15) is 5.69 Å². The Kier molecular flexibility index (Phi) is 3.45. The van der Waals surface area contributed by atoms with Crippen LogP contribution in [0.1, 0.15) is 60.3 Å². The molecule has 1 aromatic rings. The van der Waals surface area contributed by atoms with Gasteiger partial charge in [0.2, 0.25) is 0 Å². The predicted octanol–water partition coefficient (Wildman–Crippen LogP) is 4.11. The van der Waals surface area contributed by atoms with E-state index < -0.39 is 11.9 Å². The van der Waals surface area contributed by atoms with Gasteiger partial charge in [0.25, 0.3) is 5.91 Å². The van der Waals surface area contributed by atoms with Crippen LogP contribution < -0.4 is 5.32 Å². The summed E-state index contributed by atoms with van der Waals surface area (Å²) < 4.78 is 38.2. The maximum absolute atomic E-state index is 12.7. The van der Waals surface area contributed by atoms with Crippen LogP contribution in [0, 0.1) is 24.7 Å². The highest BCUT2D eigenvalue weighted by atomic mass is 19.4. The zero-order chi connectivity index (χ0) is 17.1. The number of halogens is 3. The van der Waals surface area contributed by atoms with E-state index in [0.29, 0.717) is 17.8 Å². The molecule has 4 bridgehead atoms. The molecule has 1 heterocycles. The van der Waals surface area contributed by atoms with Crippen LogP contribution in [0.3, 0.4) is 0 Å². The van der Waals surface area contributed by atoms with Crippen LogP contribution in [0.25, 0.3) is 0 Å². The van der Waals surface area contributed by atoms with Crippen molar-refractivity contribution in [3.05, 3.63) is 29.1 Å². The Bertz CT molecular complexity index is 648. The topological polar surface area (TPSA) is 42.0 Å². The second-order valence-corrected chi connectivity index (χ2v) is 7.98. The van der Waals surface area contributed by atoms with Crippen molar-refractivity contribution in [2.75, 3.05) is 0 Å². The Hall–Kier alpha value is -1.59. The average molecular weight is 338 g/mol. The quantitative estimate of drug-likeness (QED) is 0.882. The van der Waals surface area contributed by atoms with E-state index in [1.54, 1.807) is 0 Å². The van der Waals surface area contributed by atoms with E-state index in [1.165, 1.54) is 32.3 Å². The average Bonchev–Trinajstić information content (AvgIpc) is 2.43. The zero-order valence-electron chi connectivity index (χ0n) is 13.6. The van der Waals surface area contributed by atoms with Crippen molar-refractivity contribution in [1.82, 2.24) is 10.3 Å². The first-order valence-electron chi connectivity index (χ1n) is 8.61. The maximum atomic E-state index is 12.7. The van der Waals surface area contributed by atoms with Gasteiger partial charge in [-0.25, -0.2) is 4.98 Å². The van der Waals surface area contributed by atoms with Crippen LogP contribution in [0.15, 0.2) is 12.1 Å². The molecular formula is C18H21F3N2O. The van der Waals surface area contributed by atoms with Crippen LogP contribution in [0.2, 0.25) is 0 Å². The number of pyridine rings is 1. The van der Waals surface area contributed by atoms with E-state index >= 15 is 0 Å². The standard InChI is InChI=1S/C18H21F3N2O/c1-10-14(2-3-15(22-10)18(19,20)21)16(24)23-17-7-11-4-12(8-17)6-13(5-11)9-17/h2-3,11-13H,4-9H2,1H3,(H,23,24). The summed E-state index contributed by atoms with van der Waals surface area (Å²) in [6.07, 6.45) is 2.37. The van der Waals surface area contributed by atoms with Gasteiger partial charge in [-0.05, 0) is 75.3 Å². The SMILES string of the molecule is Cc1nc(C(F)(F)F)ccc1C(=O)NC12CC3CC(CC(C3)C1)C2. The summed E-state index contributed by atoms with van der Waals surface area (Å²) in [5.74, 6) is 1.81. The molecule has 1 amide bonds. The zero-order valence-corrected chi connectivity index (χ0v) is 13.6. The highest BCUT2D eigenvalue weighted by molar-refractivity contribution is 5.95. The molecule has 0 aromatic carbocycles. The molecule has 1 N–H and O–H groups in total. The number of amides is 1. The molecule has 0 unspecified atom stereocenters. The first-order valence-corrected chi connectivity index (χ1v) is 8.61. The van der Waals surface area contributed by atoms with Gasteiger partial charge in [0.15, 0.2) is 0 Å². The fraction of sp³-hybridized carbons (Fsp3) is 0.667. The second-order valence-electron chi connectivity index (χ2n) is 7.98. The lowest BCUT2D eigenvalue weighted by molar-refractivity contribution is -0.141. The minimum absolute atomic E-state index is 0.132. The summed E-state index contributed by atoms with van der Waals surface area (Å²) in [6, 6.07) is 2.14. The second kappa shape index (κ2) is 5.20. The molecule has 0 atom stereocenters. The van der Waals surface area contributed by atoms with Crippen molar-refractivity contribution in [1.29, 1.82) is 0 Å². The number of carbonyl (C=O) groups is 1. The number of carbonyl (C=O) groups excluding carboxylic acids is 1. The van der Waals surface area contributed by atoms with Gasteiger partial charge >= 0.3 is 6.18 Å². The number of nitrogens with one attached hydrogen (secondary N) is 1. The summed E-state index contributed by atoms with van der Waals surface area (Å²) >= 11 is 0. The number of hydrogen-bond acceptors (Lipinski definition) is 2. The van der Waals surface area contributed by atoms with Gasteiger partial charge < -0.3 is 5.32 Å². The van der Waals surface area contributed by atoms with E-state index in [9.17, 15) is 18.0 Å². The van der Waals surface area contributed by atoms with Crippen LogP contribution >= 0.6 is 0 Å². The molecule has 1 aromatic heterocycles. The van der Waals surface area contributed by atoms with Crippen LogP contribution in [-0.4, -0.2) is 16.4 Å². The lowest BCUT2D eigenvalue weighted by Gasteiger charge is -2.56. The monoisotopic (exact) mass is 338 g/mol. The van der Waals surface area contributed by atoms with Gasteiger partial charge in [-0.15, -0.1) is 0 Å². The molecular weight excluding hydrogens is 317 g/mol. The first-order chi connectivity index (χ1) is 11.2. The van der Waals surface area contributed by atoms with Crippen LogP contribution in [0.4, 0.5) is 13.2 Å². The molecule has 3 nitrogen and oxygen atoms in total. The number of alkyl halides is 3. The summed E-state index contributed by atoms with van der Waals surface area (Å²) in [5.41, 5.74) is -0.724. The molecule has 4 aliphatic carbocycles. The van der Waals surface area contributed by atoms with Gasteiger partial charge in [-0.1, -0.05) is 0 Å². The summed E-state index contributed by atoms with van der Waals surface area (Å²) in [7, 11) is 0. The lowest BCUT2D eigenvalue weighted by atomic mass is 9.53. The third-order valence-corrected chi connectivity index (χ3v) is 6.04. The molecule has 0 spiro atoms. The van der Waals surface area contributed by atoms with E-state index in [0.717, 1.165) is 25.3 Å². The van der Waals surface area contributed by atoms with E-state index in [1.807, 2.05) is 0 Å². The highest BCUT2D eigenvalue weighted by Crippen LogP contribution is 2.55. The smallest absolute Gasteiger partial charge is 0.347 e. The number of rotatable bonds is 2. The largest absolute Gasteiger partial charge is 0.433 e. The molecule has 0 saturated heterocycles. The molecule has 24 heavy (non-hydrogen) atoms. The minimum atomic E-state index is -4.49. The van der Waals surface area contributed by atoms with E-state index in [4.69, 9.17) is 0 Å². The maximum Gasteiger partial charge on any atom is 0.433 e. The van der Waals surface area contributed by atoms with Gasteiger partial charge in [0.05, 0.1) is 11.3 Å². The van der Waals surface area contributed by atoms with Gasteiger partial charge in [-0.3, -0.25) is 4.79 Å². The molecule has 130 valence electrons. The molecule has 6 heteroatoms. The van der Waals surface area contributed by atoms with Crippen molar-refractivity contribution < 1.29 is 18.0 Å². The third kappa shape index (κ3) is 2.70. The number of aryl methyl sites for hydroxylation is 1. The number of hydrogen-bond donors (Lipinski definition) is 1. The van der Waals surface area contributed by atoms with E-state index in [2.05, 4.69) is 10.3 Å². The minimum Gasteiger partial charge on any atom is -0.347 e. The molecule has 4 aliphatic rings. The van der Waals surface area contributed by atoms with Crippen molar-refractivity contribution in [2.45, 2.75) is 57.2 Å². The Balaban J connectivity index is 1.55. The van der Waals surface area contributed by atoms with E-state index in [-0.39, 0.29) is 22.7 Å². The molecule has 4 fully saturated rings. The molecule has 0 aliphatic heterocycles. The number of nitrogens with zero attached hydrogens (tertiary/aromatic N) is 1. The van der Waals surface area contributed by atoms with Crippen molar-refractivity contribution in [2.24, 2.45) is 17.8 Å². The normalized spacial score (nSPS) is 34.4. The summed E-state index contributed by atoms with van der Waals surface area (Å²) in [6.45, 7) is 1.46. The van der Waals surface area contributed by atoms with Crippen molar-refractivity contribution >= 4 is 5.91 Å². The third-order valence-electron chi connectivity index (χ3n) is 6.04. The Labute approximate surface area is 139 Å². The fourth-order valence-electron chi connectivity index (χ4n) is 5.53. The Morgan fingerprint density at radius 2 is 1.67 bits per heavy atom. The molecule has 4 saturated carbocycles. The molecule has 5 rings (SSSR count). The van der Waals surface area contributed by atoms with Crippen molar-refractivity contribution in [3.63, 3.8) is 0 Å². The predicted molar refractivity (Wildman–Crippen MR) is 82.3 cm³/mol. The lowest BCUT2D eigenvalue weighted by Crippen LogP contribution is -2.59. The van der Waals surface area contributed by atoms with Crippen LogP contribution in [0.5, 0.6) is 0 Å². The summed E-state index contributed by atoms with van der Waals surface area (Å²) in [5, 5.41) is 3.18. The molecule has 0 radical (unpaired) electrons. The Morgan fingerprint density at radius 3 is 2.12 bits per heavy atom. The van der Waals surface area contributed by atoms with Gasteiger partial charge in [-0.2, -0.15) is 13.2 Å². The highest BCUT2D eigenvalue weighted by Gasteiger charge is 2.51. The fourth-order valence-corrected chi connectivity index (χ4v) is 5.53. The Morgan fingerprint density at radius 1 is 1.12 bits per heavy atom. The summed E-state index contributed by atoms with van der Waals surface area (Å²) in [4.78, 5) is 16.3. The van der Waals surface area contributed by atoms with Crippen molar-refractivity contribution in [3.8, 4) is 0 Å². The first kappa shape index (κ1) is 15.9.